The predicted octanol–water partition coefficient (Wildman–Crippen LogP) is 1.50. The summed E-state index contributed by atoms with van der Waals surface area (Å²) in [5.74, 6) is -0.251. The summed E-state index contributed by atoms with van der Waals surface area (Å²) in [5, 5.41) is 8.84. The molecular weight excluding hydrogens is 216 g/mol. The van der Waals surface area contributed by atoms with Gasteiger partial charge in [0.1, 0.15) is 12.6 Å². The van der Waals surface area contributed by atoms with E-state index in [1.54, 1.807) is 6.92 Å². The number of ether oxygens (including phenoxy) is 1. The van der Waals surface area contributed by atoms with Crippen molar-refractivity contribution in [1.29, 1.82) is 5.26 Å². The molecule has 1 aliphatic rings. The molecule has 1 aromatic carbocycles. The molecule has 1 heterocycles. The first kappa shape index (κ1) is 11.5. The van der Waals surface area contributed by atoms with Gasteiger partial charge < -0.3 is 9.64 Å². The van der Waals surface area contributed by atoms with Crippen LogP contribution in [0, 0.1) is 11.3 Å². The average molecular weight is 230 g/mol. The van der Waals surface area contributed by atoms with Gasteiger partial charge in [0.05, 0.1) is 12.7 Å². The number of fused-ring (bicyclic) bond motifs is 1. The Morgan fingerprint density at radius 2 is 2.35 bits per heavy atom. The number of nitrogens with zero attached hydrogens (tertiary/aromatic N) is 2. The van der Waals surface area contributed by atoms with E-state index in [0.29, 0.717) is 13.0 Å². The summed E-state index contributed by atoms with van der Waals surface area (Å²) in [5.41, 5.74) is 2.06. The van der Waals surface area contributed by atoms with Crippen molar-refractivity contribution < 1.29 is 9.53 Å². The molecule has 0 aromatic heterocycles. The molecule has 0 N–H and O–H groups in total. The summed E-state index contributed by atoms with van der Waals surface area (Å²) in [7, 11) is 0. The number of carbonyl (C=O) groups is 1. The summed E-state index contributed by atoms with van der Waals surface area (Å²) < 4.78 is 5.04. The van der Waals surface area contributed by atoms with Crippen molar-refractivity contribution in [3.05, 3.63) is 29.8 Å². The molecule has 0 spiro atoms. The number of anilines is 1. The van der Waals surface area contributed by atoms with Crippen LogP contribution in [0.15, 0.2) is 24.3 Å². The summed E-state index contributed by atoms with van der Waals surface area (Å²) in [6.45, 7) is 2.36. The van der Waals surface area contributed by atoms with Crippen LogP contribution in [0.25, 0.3) is 0 Å². The molecule has 0 radical (unpaired) electrons. The first-order chi connectivity index (χ1) is 8.27. The second-order valence-corrected chi connectivity index (χ2v) is 3.89. The zero-order valence-corrected chi connectivity index (χ0v) is 9.72. The number of nitriles is 1. The fourth-order valence-corrected chi connectivity index (χ4v) is 2.17. The van der Waals surface area contributed by atoms with E-state index in [0.717, 1.165) is 11.3 Å². The van der Waals surface area contributed by atoms with Gasteiger partial charge in [-0.15, -0.1) is 0 Å². The van der Waals surface area contributed by atoms with Gasteiger partial charge >= 0.3 is 5.97 Å². The third kappa shape index (κ3) is 2.09. The average Bonchev–Trinajstić information content (AvgIpc) is 2.70. The lowest BCUT2D eigenvalue weighted by Crippen LogP contribution is -2.40. The van der Waals surface area contributed by atoms with E-state index < -0.39 is 0 Å². The van der Waals surface area contributed by atoms with E-state index >= 15 is 0 Å². The molecule has 0 saturated carbocycles. The van der Waals surface area contributed by atoms with Crippen LogP contribution in [-0.4, -0.2) is 25.2 Å². The van der Waals surface area contributed by atoms with Crippen LogP contribution >= 0.6 is 0 Å². The third-order valence-electron chi connectivity index (χ3n) is 2.89. The molecular formula is C13H14N2O2. The maximum absolute atomic E-state index is 11.8. The van der Waals surface area contributed by atoms with Crippen LogP contribution < -0.4 is 4.90 Å². The van der Waals surface area contributed by atoms with Crippen molar-refractivity contribution in [2.75, 3.05) is 18.1 Å². The number of esters is 1. The maximum atomic E-state index is 11.8. The highest BCUT2D eigenvalue weighted by Crippen LogP contribution is 2.31. The predicted molar refractivity (Wildman–Crippen MR) is 63.5 cm³/mol. The molecule has 0 aliphatic carbocycles. The molecule has 0 bridgehead atoms. The van der Waals surface area contributed by atoms with E-state index in [9.17, 15) is 4.79 Å². The lowest BCUT2D eigenvalue weighted by atomic mass is 10.1. The number of rotatable bonds is 3. The van der Waals surface area contributed by atoms with E-state index in [-0.39, 0.29) is 18.6 Å². The van der Waals surface area contributed by atoms with Crippen LogP contribution in [-0.2, 0) is 16.0 Å². The minimum atomic E-state index is -0.355. The highest BCUT2D eigenvalue weighted by Gasteiger charge is 2.34. The Labute approximate surface area is 100 Å². The number of para-hydroxylation sites is 1. The largest absolute Gasteiger partial charge is 0.464 e. The van der Waals surface area contributed by atoms with Crippen LogP contribution in [0.1, 0.15) is 12.5 Å². The Hall–Kier alpha value is -2.02. The Morgan fingerprint density at radius 1 is 1.59 bits per heavy atom. The summed E-state index contributed by atoms with van der Waals surface area (Å²) in [6, 6.07) is 9.52. The fraction of sp³-hybridized carbons (Fsp3) is 0.385. The van der Waals surface area contributed by atoms with Crippen LogP contribution in [0.5, 0.6) is 0 Å². The van der Waals surface area contributed by atoms with E-state index in [4.69, 9.17) is 10.00 Å². The normalized spacial score (nSPS) is 17.4. The summed E-state index contributed by atoms with van der Waals surface area (Å²) in [6.07, 6.45) is 0.622. The van der Waals surface area contributed by atoms with Crippen molar-refractivity contribution >= 4 is 11.7 Å². The molecule has 1 aromatic rings. The second-order valence-electron chi connectivity index (χ2n) is 3.89. The van der Waals surface area contributed by atoms with Crippen LogP contribution in [0.3, 0.4) is 0 Å². The number of hydrogen-bond acceptors (Lipinski definition) is 4. The Balaban J connectivity index is 2.27. The molecule has 4 heteroatoms. The van der Waals surface area contributed by atoms with Crippen molar-refractivity contribution in [2.45, 2.75) is 19.4 Å². The van der Waals surface area contributed by atoms with Crippen molar-refractivity contribution in [3.8, 4) is 6.07 Å². The first-order valence-electron chi connectivity index (χ1n) is 5.66. The first-order valence-corrected chi connectivity index (χ1v) is 5.66. The SMILES string of the molecule is CCOC(=O)C1Cc2ccccc2N1CC#N. The Morgan fingerprint density at radius 3 is 3.06 bits per heavy atom. The molecule has 0 fully saturated rings. The van der Waals surface area contributed by atoms with Crippen LogP contribution in [0.2, 0.25) is 0 Å². The van der Waals surface area contributed by atoms with Gasteiger partial charge in [0.25, 0.3) is 0 Å². The molecule has 1 unspecified atom stereocenters. The minimum Gasteiger partial charge on any atom is -0.464 e. The van der Waals surface area contributed by atoms with Gasteiger partial charge in [-0.3, -0.25) is 0 Å². The fourth-order valence-electron chi connectivity index (χ4n) is 2.17. The second kappa shape index (κ2) is 4.88. The van der Waals surface area contributed by atoms with Crippen molar-refractivity contribution in [3.63, 3.8) is 0 Å². The van der Waals surface area contributed by atoms with Gasteiger partial charge in [0.2, 0.25) is 0 Å². The van der Waals surface area contributed by atoms with Gasteiger partial charge in [0.15, 0.2) is 0 Å². The highest BCUT2D eigenvalue weighted by molar-refractivity contribution is 5.84. The minimum absolute atomic E-state index is 0.209. The Kier molecular flexibility index (Phi) is 3.29. The molecule has 4 nitrogen and oxygen atoms in total. The van der Waals surface area contributed by atoms with Crippen molar-refractivity contribution in [1.82, 2.24) is 0 Å². The molecule has 0 amide bonds. The van der Waals surface area contributed by atoms with E-state index in [2.05, 4.69) is 6.07 Å². The summed E-state index contributed by atoms with van der Waals surface area (Å²) in [4.78, 5) is 13.6. The van der Waals surface area contributed by atoms with E-state index in [1.165, 1.54) is 0 Å². The molecule has 0 saturated heterocycles. The lowest BCUT2D eigenvalue weighted by molar-refractivity contribution is -0.144. The topological polar surface area (TPSA) is 53.3 Å². The molecule has 1 aliphatic heterocycles. The molecule has 1 atom stereocenters. The van der Waals surface area contributed by atoms with Crippen molar-refractivity contribution in [2.24, 2.45) is 0 Å². The monoisotopic (exact) mass is 230 g/mol. The molecule has 2 rings (SSSR count). The standard InChI is InChI=1S/C13H14N2O2/c1-2-17-13(16)12-9-10-5-3-4-6-11(10)15(12)8-7-14/h3-6,12H,2,8-9H2,1H3. The zero-order valence-electron chi connectivity index (χ0n) is 9.72. The third-order valence-corrected chi connectivity index (χ3v) is 2.89. The maximum Gasteiger partial charge on any atom is 0.329 e. The molecule has 17 heavy (non-hydrogen) atoms. The van der Waals surface area contributed by atoms with Gasteiger partial charge in [-0.05, 0) is 18.6 Å². The lowest BCUT2D eigenvalue weighted by Gasteiger charge is -2.22. The van der Waals surface area contributed by atoms with Gasteiger partial charge in [-0.25, -0.2) is 4.79 Å². The summed E-state index contributed by atoms with van der Waals surface area (Å²) >= 11 is 0. The number of carbonyl (C=O) groups excluding carboxylic acids is 1. The van der Waals surface area contributed by atoms with Crippen LogP contribution in [0.4, 0.5) is 5.69 Å². The number of hydrogen-bond donors (Lipinski definition) is 0. The van der Waals surface area contributed by atoms with E-state index in [1.807, 2.05) is 29.2 Å². The quantitative estimate of drug-likeness (QED) is 0.583. The Bertz CT molecular complexity index is 465. The van der Waals surface area contributed by atoms with Gasteiger partial charge in [0, 0.05) is 12.1 Å². The smallest absolute Gasteiger partial charge is 0.329 e. The number of benzene rings is 1. The zero-order chi connectivity index (χ0) is 12.3. The molecule has 88 valence electrons. The highest BCUT2D eigenvalue weighted by atomic mass is 16.5. The van der Waals surface area contributed by atoms with Gasteiger partial charge in [-0.2, -0.15) is 5.26 Å². The van der Waals surface area contributed by atoms with Gasteiger partial charge in [-0.1, -0.05) is 18.2 Å².